The van der Waals surface area contributed by atoms with Crippen molar-refractivity contribution in [1.82, 2.24) is 50.3 Å². The highest BCUT2D eigenvalue weighted by Gasteiger charge is 2.54. The molecule has 3 saturated heterocycles. The number of anilines is 1. The Bertz CT molecular complexity index is 3640. The summed E-state index contributed by atoms with van der Waals surface area (Å²) in [5, 5.41) is 72.3. The van der Waals surface area contributed by atoms with Gasteiger partial charge in [-0.05, 0) is 13.8 Å². The number of thioether (sulfide) groups is 1. The van der Waals surface area contributed by atoms with Crippen molar-refractivity contribution in [2.45, 2.75) is 139 Å². The summed E-state index contributed by atoms with van der Waals surface area (Å²) in [5.74, 6) is -3.95. The monoisotopic (exact) mass is 1500 g/mol. The third kappa shape index (κ3) is 22.1. The molecule has 19 N–H and O–H groups in total. The van der Waals surface area contributed by atoms with Gasteiger partial charge in [0.1, 0.15) is 85.0 Å². The number of H-pyrrole nitrogens is 1. The first-order valence-electron chi connectivity index (χ1n) is 27.7. The fourth-order valence-electron chi connectivity index (χ4n) is 9.00. The maximum Gasteiger partial charge on any atom is 0.483 e. The van der Waals surface area contributed by atoms with Gasteiger partial charge in [-0.15, -0.1) is 0 Å². The summed E-state index contributed by atoms with van der Waals surface area (Å²) >= 11 is 0.636. The number of aliphatic hydroxyl groups excluding tert-OH is 6. The van der Waals surface area contributed by atoms with Gasteiger partial charge in [-0.2, -0.15) is 8.62 Å². The molecule has 20 unspecified atom stereocenters. The average molecular weight is 1500 g/mol. The molecular formula is C44H70N11O35P5S. The van der Waals surface area contributed by atoms with Crippen LogP contribution in [-0.2, 0) is 97.0 Å². The molecule has 4 amide bonds. The molecule has 96 heavy (non-hydrogen) atoms. The minimum atomic E-state index is -5.94. The molecule has 542 valence electrons. The molecule has 6 rings (SSSR count). The molecule has 3 fully saturated rings. The van der Waals surface area contributed by atoms with Gasteiger partial charge in [-0.3, -0.25) is 65.5 Å². The molecule has 0 aromatic carbocycles. The van der Waals surface area contributed by atoms with E-state index in [1.54, 1.807) is 0 Å². The summed E-state index contributed by atoms with van der Waals surface area (Å²) in [6, 6.07) is -2.30. The molecule has 3 aliphatic heterocycles. The minimum absolute atomic E-state index is 0.0217. The van der Waals surface area contributed by atoms with Gasteiger partial charge < -0.3 is 106 Å². The van der Waals surface area contributed by atoms with E-state index in [4.69, 9.17) is 38.3 Å². The maximum atomic E-state index is 13.3. The van der Waals surface area contributed by atoms with Crippen molar-refractivity contribution in [3.63, 3.8) is 0 Å². The van der Waals surface area contributed by atoms with E-state index in [0.717, 1.165) is 57.2 Å². The molecule has 0 bridgehead atoms. The van der Waals surface area contributed by atoms with Gasteiger partial charge in [0.05, 0.1) is 38.8 Å². The number of aromatic nitrogens is 6. The highest BCUT2D eigenvalue weighted by atomic mass is 32.2. The highest BCUT2D eigenvalue weighted by molar-refractivity contribution is 8.13. The zero-order valence-corrected chi connectivity index (χ0v) is 55.7. The average Bonchev–Trinajstić information content (AvgIpc) is 1.32. The van der Waals surface area contributed by atoms with E-state index in [0.29, 0.717) is 16.3 Å². The topological polar surface area (TPSA) is 688 Å². The van der Waals surface area contributed by atoms with Crippen LogP contribution in [0.4, 0.5) is 5.82 Å². The number of imidazole rings is 1. The lowest BCUT2D eigenvalue weighted by molar-refractivity contribution is -0.261. The zero-order chi connectivity index (χ0) is 71.8. The van der Waals surface area contributed by atoms with E-state index in [-0.39, 0.29) is 29.3 Å². The molecule has 3 aromatic rings. The third-order valence-corrected chi connectivity index (χ3v) is 20.5. The van der Waals surface area contributed by atoms with Crippen molar-refractivity contribution < 1.29 is 157 Å². The molecule has 0 spiro atoms. The zero-order valence-electron chi connectivity index (χ0n) is 50.4. The van der Waals surface area contributed by atoms with E-state index in [1.165, 1.54) is 6.92 Å². The number of carbonyl (C=O) groups excluding carboxylic acids is 5. The Kier molecular flexibility index (Phi) is 27.6. The molecule has 0 saturated carbocycles. The standard InChI is InChI=1S/C44H70N11O35P5S/c1-18(51-37(65)19(2)83-33-26(52-20(3)57)42(86-21(12-56)29(33)61)88-95(78,79)90-93(74,75)80-13-22-28(60)30(62)39(84-22)54-10-7-25(59)53-43(54)68)41(67)96-11-9-46-24(58)6-8-47-38(66)34(64)44(4,5)15-82-94(76,77)89-92(72,73)81-14-23-32(87-91(69,70)71)31(63)40(85-23)55-17-50-27-35(45)48-16-49-36(27)55/h7,10,16-19,21-23,26,28-34,39-40,42,56,60-64H,6,8-9,11-15H2,1-5H3,(H,46,58)(H,47,66)(H,51,65)(H,52,57)(H,72,73)(H,74,75)(H,76,77)(H,78,79)(H2,45,48,49)(H,53,59,68)(H2,69,70,71). The number of phosphoric ester groups is 5. The summed E-state index contributed by atoms with van der Waals surface area (Å²) in [5.41, 5.74) is 2.13. The van der Waals surface area contributed by atoms with Crippen LogP contribution >= 0.6 is 50.9 Å². The summed E-state index contributed by atoms with van der Waals surface area (Å²) < 4.78 is 120. The number of nitrogens with two attached hydrogens (primary N) is 1. The molecule has 3 aliphatic rings. The fraction of sp³-hybridized carbons (Fsp3) is 0.682. The Hall–Kier alpha value is -4.84. The lowest BCUT2D eigenvalue weighted by Gasteiger charge is -2.44. The lowest BCUT2D eigenvalue weighted by Crippen LogP contribution is -2.66. The van der Waals surface area contributed by atoms with Crippen molar-refractivity contribution in [2.24, 2.45) is 5.41 Å². The van der Waals surface area contributed by atoms with E-state index in [1.807, 2.05) is 4.98 Å². The fourth-order valence-corrected chi connectivity index (χ4v) is 14.7. The van der Waals surface area contributed by atoms with Crippen molar-refractivity contribution in [2.75, 3.05) is 51.0 Å². The van der Waals surface area contributed by atoms with Crippen LogP contribution in [0.2, 0.25) is 0 Å². The van der Waals surface area contributed by atoms with Gasteiger partial charge in [0, 0.05) is 49.9 Å². The number of nitrogens with one attached hydrogen (secondary N) is 5. The number of nitrogen functional groups attached to an aromatic ring is 1. The number of ether oxygens (including phenoxy) is 4. The van der Waals surface area contributed by atoms with Crippen LogP contribution < -0.4 is 38.2 Å². The minimum Gasteiger partial charge on any atom is -0.394 e. The molecule has 52 heteroatoms. The van der Waals surface area contributed by atoms with Crippen molar-refractivity contribution in [3.8, 4) is 0 Å². The predicted octanol–water partition coefficient (Wildman–Crippen LogP) is -6.05. The molecule has 3 aromatic heterocycles. The number of hydrogen-bond acceptors (Lipinski definition) is 34. The van der Waals surface area contributed by atoms with Crippen molar-refractivity contribution in [1.29, 1.82) is 0 Å². The summed E-state index contributed by atoms with van der Waals surface area (Å²) in [7, 11) is -28.4. The van der Waals surface area contributed by atoms with Gasteiger partial charge in [-0.25, -0.2) is 42.6 Å². The first-order valence-corrected chi connectivity index (χ1v) is 36.2. The number of aromatic amines is 1. The second-order valence-electron chi connectivity index (χ2n) is 21.6. The second-order valence-corrected chi connectivity index (χ2v) is 30.0. The molecular weight excluding hydrogens is 1430 g/mol. The normalized spacial score (nSPS) is 28.2. The Morgan fingerprint density at radius 1 is 0.760 bits per heavy atom. The second kappa shape index (κ2) is 33.1. The number of nitrogens with zero attached hydrogens (tertiary/aromatic N) is 5. The first kappa shape index (κ1) is 80.1. The maximum absolute atomic E-state index is 13.3. The van der Waals surface area contributed by atoms with Crippen LogP contribution in [0.3, 0.4) is 0 Å². The van der Waals surface area contributed by atoms with Gasteiger partial charge in [0.2, 0.25) is 28.7 Å². The van der Waals surface area contributed by atoms with Gasteiger partial charge >= 0.3 is 44.8 Å². The highest BCUT2D eigenvalue weighted by Crippen LogP contribution is 2.63. The number of amides is 4. The summed E-state index contributed by atoms with van der Waals surface area (Å²) in [6.45, 7) is 0.588. The number of hydrogen-bond donors (Lipinski definition) is 18. The number of carbonyl (C=O) groups is 5. The number of rotatable bonds is 34. The lowest BCUT2D eigenvalue weighted by atomic mass is 9.87. The Morgan fingerprint density at radius 2 is 1.38 bits per heavy atom. The van der Waals surface area contributed by atoms with E-state index in [2.05, 4.69) is 53.9 Å². The largest absolute Gasteiger partial charge is 0.483 e. The quantitative estimate of drug-likeness (QED) is 0.0195. The Morgan fingerprint density at radius 3 is 2.00 bits per heavy atom. The number of phosphoric acid groups is 5. The molecule has 0 aliphatic carbocycles. The van der Waals surface area contributed by atoms with Gasteiger partial charge in [0.25, 0.3) is 5.56 Å². The smallest absolute Gasteiger partial charge is 0.394 e. The molecule has 20 atom stereocenters. The third-order valence-electron chi connectivity index (χ3n) is 13.7. The van der Waals surface area contributed by atoms with Crippen LogP contribution in [-0.4, -0.2) is 249 Å². The van der Waals surface area contributed by atoms with Crippen molar-refractivity contribution in [3.05, 3.63) is 45.8 Å². The van der Waals surface area contributed by atoms with Crippen LogP contribution in [0.1, 0.15) is 53.5 Å². The first-order chi connectivity index (χ1) is 44.4. The Labute approximate surface area is 543 Å². The number of fused-ring (bicyclic) bond motifs is 1. The van der Waals surface area contributed by atoms with E-state index >= 15 is 0 Å². The summed E-state index contributed by atoms with van der Waals surface area (Å²) in [4.78, 5) is 162. The summed E-state index contributed by atoms with van der Waals surface area (Å²) in [6.07, 6.45) is -23.6. The van der Waals surface area contributed by atoms with Crippen LogP contribution in [0.25, 0.3) is 11.2 Å². The van der Waals surface area contributed by atoms with Gasteiger partial charge in [0.15, 0.2) is 30.2 Å². The molecule has 46 nitrogen and oxygen atoms in total. The number of aliphatic hydroxyl groups is 6. The van der Waals surface area contributed by atoms with Crippen LogP contribution in [0, 0.1) is 5.41 Å². The predicted molar refractivity (Wildman–Crippen MR) is 313 cm³/mol. The molecule has 0 radical (unpaired) electrons. The SMILES string of the molecule is CC(=O)NC1C(OP(=O)(O)OP(=O)(O)OCC2OC(n3ccc(=O)[nH]c3=O)C(O)C2O)OC(CO)C(O)C1OC(C)C(=O)NC(C)C(=O)SCCNC(=O)CCNC(=O)C(O)C(C)(C)COP(=O)(O)OP(=O)(O)OCC1OC(n2cnc3c(N)ncnc32)C(O)C1OP(=O)(O)O. The van der Waals surface area contributed by atoms with Gasteiger partial charge in [-0.1, -0.05) is 25.6 Å². The Balaban J connectivity index is 0.902. The van der Waals surface area contributed by atoms with Crippen LogP contribution in [0.5, 0.6) is 0 Å². The van der Waals surface area contributed by atoms with E-state index in [9.17, 15) is 116 Å². The van der Waals surface area contributed by atoms with Crippen molar-refractivity contribution >= 4 is 96.6 Å². The molecule has 6 heterocycles. The van der Waals surface area contributed by atoms with Crippen LogP contribution in [0.15, 0.2) is 34.5 Å². The van der Waals surface area contributed by atoms with E-state index < -0.39 is 222 Å².